The van der Waals surface area contributed by atoms with Crippen molar-refractivity contribution >= 4 is 10.0 Å². The van der Waals surface area contributed by atoms with Gasteiger partial charge in [0.25, 0.3) is 0 Å². The highest BCUT2D eigenvalue weighted by atomic mass is 32.2. The third kappa shape index (κ3) is 3.59. The van der Waals surface area contributed by atoms with Crippen LogP contribution in [0, 0.1) is 6.92 Å². The lowest BCUT2D eigenvalue weighted by molar-refractivity contribution is 0.275. The molecule has 1 atom stereocenters. The molecule has 1 rings (SSSR count). The van der Waals surface area contributed by atoms with Gasteiger partial charge < -0.3 is 5.11 Å². The van der Waals surface area contributed by atoms with Crippen molar-refractivity contribution in [3.05, 3.63) is 29.8 Å². The Bertz CT molecular complexity index is 425. The minimum absolute atomic E-state index is 0.0302. The lowest BCUT2D eigenvalue weighted by Crippen LogP contribution is -2.33. The predicted molar refractivity (Wildman–Crippen MR) is 62.7 cm³/mol. The Morgan fingerprint density at radius 1 is 1.31 bits per heavy atom. The number of benzene rings is 1. The first-order valence-electron chi connectivity index (χ1n) is 5.15. The SMILES string of the molecule is Cc1ccc(S(=O)(=O)N[C@@H](C)CCO)cc1. The summed E-state index contributed by atoms with van der Waals surface area (Å²) in [5.74, 6) is 0. The molecule has 0 spiro atoms. The highest BCUT2D eigenvalue weighted by Crippen LogP contribution is 2.10. The topological polar surface area (TPSA) is 66.4 Å². The predicted octanol–water partition coefficient (Wildman–Crippen LogP) is 1.04. The fourth-order valence-corrected chi connectivity index (χ4v) is 2.58. The molecule has 0 bridgehead atoms. The zero-order valence-corrected chi connectivity index (χ0v) is 10.3. The van der Waals surface area contributed by atoms with Crippen LogP contribution in [-0.4, -0.2) is 26.2 Å². The van der Waals surface area contributed by atoms with E-state index in [4.69, 9.17) is 5.11 Å². The van der Waals surface area contributed by atoms with Gasteiger partial charge in [0.2, 0.25) is 10.0 Å². The maximum absolute atomic E-state index is 11.8. The summed E-state index contributed by atoms with van der Waals surface area (Å²) >= 11 is 0. The zero-order chi connectivity index (χ0) is 12.2. The molecule has 0 amide bonds. The summed E-state index contributed by atoms with van der Waals surface area (Å²) in [5.41, 5.74) is 1.02. The number of aliphatic hydroxyl groups excluding tert-OH is 1. The van der Waals surface area contributed by atoms with Gasteiger partial charge in [-0.25, -0.2) is 13.1 Å². The molecule has 0 aromatic heterocycles. The molecule has 0 saturated heterocycles. The van der Waals surface area contributed by atoms with Crippen LogP contribution < -0.4 is 4.72 Å². The third-order valence-electron chi connectivity index (χ3n) is 2.25. The second kappa shape index (κ2) is 5.43. The highest BCUT2D eigenvalue weighted by Gasteiger charge is 2.16. The average Bonchev–Trinajstić information content (AvgIpc) is 2.17. The van der Waals surface area contributed by atoms with Crippen molar-refractivity contribution in [2.75, 3.05) is 6.61 Å². The molecule has 1 aromatic rings. The Labute approximate surface area is 96.4 Å². The Morgan fingerprint density at radius 3 is 2.38 bits per heavy atom. The molecule has 5 heteroatoms. The van der Waals surface area contributed by atoms with Crippen molar-refractivity contribution in [1.82, 2.24) is 4.72 Å². The quantitative estimate of drug-likeness (QED) is 0.812. The van der Waals surface area contributed by atoms with Crippen molar-refractivity contribution in [2.45, 2.75) is 31.2 Å². The molecule has 0 aliphatic heterocycles. The summed E-state index contributed by atoms with van der Waals surface area (Å²) in [6, 6.07) is 6.39. The summed E-state index contributed by atoms with van der Waals surface area (Å²) < 4.78 is 26.2. The van der Waals surface area contributed by atoms with E-state index in [0.717, 1.165) is 5.56 Å². The van der Waals surface area contributed by atoms with Gasteiger partial charge in [0, 0.05) is 12.6 Å². The van der Waals surface area contributed by atoms with E-state index in [0.29, 0.717) is 6.42 Å². The van der Waals surface area contributed by atoms with Crippen molar-refractivity contribution in [3.8, 4) is 0 Å². The number of sulfonamides is 1. The van der Waals surface area contributed by atoms with Gasteiger partial charge in [-0.2, -0.15) is 0 Å². The summed E-state index contributed by atoms with van der Waals surface area (Å²) in [5, 5.41) is 8.71. The van der Waals surface area contributed by atoms with Gasteiger partial charge in [0.1, 0.15) is 0 Å². The summed E-state index contributed by atoms with van der Waals surface area (Å²) in [4.78, 5) is 0.253. The van der Waals surface area contributed by atoms with Crippen molar-refractivity contribution in [2.24, 2.45) is 0 Å². The molecule has 0 saturated carbocycles. The van der Waals surface area contributed by atoms with E-state index >= 15 is 0 Å². The van der Waals surface area contributed by atoms with Crippen molar-refractivity contribution in [1.29, 1.82) is 0 Å². The normalized spacial score (nSPS) is 13.7. The van der Waals surface area contributed by atoms with Crippen molar-refractivity contribution in [3.63, 3.8) is 0 Å². The van der Waals surface area contributed by atoms with Gasteiger partial charge in [-0.3, -0.25) is 0 Å². The van der Waals surface area contributed by atoms with Gasteiger partial charge in [0.15, 0.2) is 0 Å². The standard InChI is InChI=1S/C11H17NO3S/c1-9-3-5-11(6-4-9)16(14,15)12-10(2)7-8-13/h3-6,10,12-13H,7-8H2,1-2H3/t10-/m0/s1. The van der Waals surface area contributed by atoms with E-state index in [-0.39, 0.29) is 17.5 Å². The molecular weight excluding hydrogens is 226 g/mol. The number of hydrogen-bond donors (Lipinski definition) is 2. The van der Waals surface area contributed by atoms with E-state index < -0.39 is 10.0 Å². The first-order valence-corrected chi connectivity index (χ1v) is 6.64. The Hall–Kier alpha value is -0.910. The number of aliphatic hydroxyl groups is 1. The fourth-order valence-electron chi connectivity index (χ4n) is 1.30. The first-order chi connectivity index (χ1) is 7.45. The van der Waals surface area contributed by atoms with E-state index in [9.17, 15) is 8.42 Å². The maximum atomic E-state index is 11.8. The van der Waals surface area contributed by atoms with Crippen LogP contribution in [-0.2, 0) is 10.0 Å². The summed E-state index contributed by atoms with van der Waals surface area (Å²) in [6.07, 6.45) is 0.408. The number of hydrogen-bond acceptors (Lipinski definition) is 3. The molecule has 16 heavy (non-hydrogen) atoms. The molecule has 0 aliphatic carbocycles. The average molecular weight is 243 g/mol. The minimum Gasteiger partial charge on any atom is -0.396 e. The van der Waals surface area contributed by atoms with E-state index in [1.807, 2.05) is 6.92 Å². The van der Waals surface area contributed by atoms with Crippen LogP contribution in [0.15, 0.2) is 29.2 Å². The Kier molecular flexibility index (Phi) is 4.46. The second-order valence-corrected chi connectivity index (χ2v) is 5.56. The number of rotatable bonds is 5. The highest BCUT2D eigenvalue weighted by molar-refractivity contribution is 7.89. The van der Waals surface area contributed by atoms with Crippen LogP contribution in [0.4, 0.5) is 0 Å². The lowest BCUT2D eigenvalue weighted by Gasteiger charge is -2.12. The van der Waals surface area contributed by atoms with Crippen LogP contribution in [0.1, 0.15) is 18.9 Å². The minimum atomic E-state index is -3.46. The van der Waals surface area contributed by atoms with Gasteiger partial charge in [0.05, 0.1) is 4.90 Å². The monoisotopic (exact) mass is 243 g/mol. The molecule has 1 aromatic carbocycles. The lowest BCUT2D eigenvalue weighted by atomic mass is 10.2. The molecule has 0 aliphatic rings. The van der Waals surface area contributed by atoms with Gasteiger partial charge >= 0.3 is 0 Å². The van der Waals surface area contributed by atoms with Crippen LogP contribution in [0.5, 0.6) is 0 Å². The summed E-state index contributed by atoms with van der Waals surface area (Å²) in [7, 11) is -3.46. The van der Waals surface area contributed by atoms with E-state index in [1.54, 1.807) is 31.2 Å². The smallest absolute Gasteiger partial charge is 0.240 e. The van der Waals surface area contributed by atoms with Crippen LogP contribution in [0.25, 0.3) is 0 Å². The molecule has 0 radical (unpaired) electrons. The van der Waals surface area contributed by atoms with Gasteiger partial charge in [-0.15, -0.1) is 0 Å². The van der Waals surface area contributed by atoms with E-state index in [1.165, 1.54) is 0 Å². The van der Waals surface area contributed by atoms with Crippen molar-refractivity contribution < 1.29 is 13.5 Å². The molecular formula is C11H17NO3S. The van der Waals surface area contributed by atoms with Gasteiger partial charge in [-0.1, -0.05) is 17.7 Å². The molecule has 90 valence electrons. The molecule has 2 N–H and O–H groups in total. The maximum Gasteiger partial charge on any atom is 0.240 e. The molecule has 0 fully saturated rings. The largest absolute Gasteiger partial charge is 0.396 e. The number of nitrogens with one attached hydrogen (secondary N) is 1. The first kappa shape index (κ1) is 13.2. The summed E-state index contributed by atoms with van der Waals surface area (Å²) in [6.45, 7) is 3.59. The Morgan fingerprint density at radius 2 is 1.88 bits per heavy atom. The molecule has 0 unspecified atom stereocenters. The molecule has 4 nitrogen and oxygen atoms in total. The zero-order valence-electron chi connectivity index (χ0n) is 9.47. The van der Waals surface area contributed by atoms with Crippen LogP contribution in [0.2, 0.25) is 0 Å². The second-order valence-electron chi connectivity index (χ2n) is 3.85. The molecule has 0 heterocycles. The van der Waals surface area contributed by atoms with Crippen LogP contribution >= 0.6 is 0 Å². The third-order valence-corrected chi connectivity index (χ3v) is 3.86. The van der Waals surface area contributed by atoms with Crippen LogP contribution in [0.3, 0.4) is 0 Å². The number of aryl methyl sites for hydroxylation is 1. The Balaban J connectivity index is 2.82. The van der Waals surface area contributed by atoms with E-state index in [2.05, 4.69) is 4.72 Å². The van der Waals surface area contributed by atoms with Gasteiger partial charge in [-0.05, 0) is 32.4 Å². The fraction of sp³-hybridized carbons (Fsp3) is 0.455.